The van der Waals surface area contributed by atoms with Gasteiger partial charge in [-0.3, -0.25) is 15.7 Å². The van der Waals surface area contributed by atoms with Crippen LogP contribution in [-0.4, -0.2) is 28.1 Å². The van der Waals surface area contributed by atoms with E-state index in [1.54, 1.807) is 12.1 Å². The molecular weight excluding hydrogens is 402 g/mol. The second kappa shape index (κ2) is 12.4. The van der Waals surface area contributed by atoms with Gasteiger partial charge in [0.05, 0.1) is 11.3 Å². The Labute approximate surface area is 181 Å². The van der Waals surface area contributed by atoms with Crippen molar-refractivity contribution in [2.45, 2.75) is 56.9 Å². The van der Waals surface area contributed by atoms with Gasteiger partial charge in [0, 0.05) is 29.2 Å². The molecule has 7 N–H and O–H groups in total. The van der Waals surface area contributed by atoms with Crippen LogP contribution in [0.4, 0.5) is 11.4 Å². The van der Waals surface area contributed by atoms with E-state index in [0.29, 0.717) is 12.1 Å². The normalized spacial score (nSPS) is 13.9. The first-order valence-electron chi connectivity index (χ1n) is 10.2. The Morgan fingerprint density at radius 2 is 1.70 bits per heavy atom. The van der Waals surface area contributed by atoms with Crippen molar-refractivity contribution in [3.8, 4) is 11.1 Å². The molecule has 0 saturated heterocycles. The first kappa shape index (κ1) is 24.0. The molecule has 8 heteroatoms. The monoisotopic (exact) mass is 433 g/mol. The van der Waals surface area contributed by atoms with Crippen molar-refractivity contribution < 1.29 is 20.4 Å². The molecule has 1 aliphatic heterocycles. The number of hydrogen-bond acceptors (Lipinski definition) is 7. The molecule has 0 radical (unpaired) electrons. The highest BCUT2D eigenvalue weighted by molar-refractivity contribution is 7.97. The lowest BCUT2D eigenvalue weighted by molar-refractivity contribution is -0.176. The Morgan fingerprint density at radius 1 is 1.07 bits per heavy atom. The molecular formula is C22H31N3O4S. The van der Waals surface area contributed by atoms with E-state index < -0.39 is 5.97 Å². The van der Waals surface area contributed by atoms with Crippen molar-refractivity contribution in [3.63, 3.8) is 0 Å². The first-order chi connectivity index (χ1) is 14.6. The Bertz CT molecular complexity index is 830. The van der Waals surface area contributed by atoms with Crippen LogP contribution in [0.3, 0.4) is 0 Å². The van der Waals surface area contributed by atoms with Crippen LogP contribution in [0.1, 0.15) is 61.4 Å². The van der Waals surface area contributed by atoms with Gasteiger partial charge in [0.15, 0.2) is 0 Å². The van der Waals surface area contributed by atoms with Crippen molar-refractivity contribution in [3.05, 3.63) is 41.5 Å². The van der Waals surface area contributed by atoms with E-state index in [2.05, 4.69) is 10.6 Å². The number of carboxylic acid groups (broad SMARTS) is 1. The maximum atomic E-state index is 11.2. The molecule has 1 aliphatic carbocycles. The van der Waals surface area contributed by atoms with Gasteiger partial charge in [-0.15, -0.1) is 0 Å². The topological polar surface area (TPSA) is 128 Å². The summed E-state index contributed by atoms with van der Waals surface area (Å²) < 4.78 is 0. The van der Waals surface area contributed by atoms with Crippen molar-refractivity contribution in [1.82, 2.24) is 0 Å². The molecule has 1 heterocycles. The molecule has 0 unspecified atom stereocenters. The molecule has 2 aromatic carbocycles. The molecule has 164 valence electrons. The summed E-state index contributed by atoms with van der Waals surface area (Å²) in [6.07, 6.45) is 9.00. The van der Waals surface area contributed by atoms with Crippen molar-refractivity contribution in [1.29, 1.82) is 0 Å². The van der Waals surface area contributed by atoms with Gasteiger partial charge < -0.3 is 15.7 Å². The number of carbonyl (C=O) groups is 1. The number of carboxylic acids is 1. The Kier molecular flexibility index (Phi) is 9.96. The smallest absolute Gasteiger partial charge is 0.335 e. The van der Waals surface area contributed by atoms with Crippen LogP contribution in [0.5, 0.6) is 0 Å². The number of fused-ring (bicyclic) bond motifs is 3. The second-order valence-corrected chi connectivity index (χ2v) is 7.87. The summed E-state index contributed by atoms with van der Waals surface area (Å²) in [6, 6.07) is 9.27. The maximum Gasteiger partial charge on any atom is 0.335 e. The summed E-state index contributed by atoms with van der Waals surface area (Å²) in [5, 5.41) is 33.6. The van der Waals surface area contributed by atoms with Crippen molar-refractivity contribution in [2.24, 2.45) is 5.14 Å². The molecule has 1 fully saturated rings. The number of anilines is 2. The minimum Gasteiger partial charge on any atom is -0.478 e. The van der Waals surface area contributed by atoms with Gasteiger partial charge in [0.2, 0.25) is 0 Å². The SMILES string of the molecule is C1CCCCC1.CCNc1cc2c(cc1SN)-c1cc(C(=O)O)ccc1CN2.OO. The number of nitrogens with one attached hydrogen (secondary N) is 2. The first-order valence-corrected chi connectivity index (χ1v) is 11.1. The van der Waals surface area contributed by atoms with Crippen LogP contribution in [-0.2, 0) is 6.54 Å². The van der Waals surface area contributed by atoms with Crippen molar-refractivity contribution >= 4 is 29.3 Å². The van der Waals surface area contributed by atoms with Crippen LogP contribution in [0.15, 0.2) is 35.2 Å². The predicted octanol–water partition coefficient (Wildman–Crippen LogP) is 5.73. The van der Waals surface area contributed by atoms with E-state index in [4.69, 9.17) is 15.7 Å². The molecule has 1 saturated carbocycles. The third-order valence-corrected chi connectivity index (χ3v) is 5.82. The Morgan fingerprint density at radius 3 is 2.23 bits per heavy atom. The van der Waals surface area contributed by atoms with E-state index >= 15 is 0 Å². The molecule has 2 aromatic rings. The minimum absolute atomic E-state index is 0.296. The fourth-order valence-electron chi connectivity index (χ4n) is 3.74. The Hall–Kier alpha value is -2.26. The summed E-state index contributed by atoms with van der Waals surface area (Å²) in [5.41, 5.74) is 5.29. The maximum absolute atomic E-state index is 11.2. The van der Waals surface area contributed by atoms with Gasteiger partial charge in [-0.05, 0) is 54.3 Å². The summed E-state index contributed by atoms with van der Waals surface area (Å²) in [4.78, 5) is 12.2. The van der Waals surface area contributed by atoms with E-state index in [0.717, 1.165) is 39.5 Å². The summed E-state index contributed by atoms with van der Waals surface area (Å²) in [5.74, 6) is -0.916. The lowest BCUT2D eigenvalue weighted by Crippen LogP contribution is -2.11. The molecule has 30 heavy (non-hydrogen) atoms. The van der Waals surface area contributed by atoms with Gasteiger partial charge in [0.1, 0.15) is 0 Å². The molecule has 2 aliphatic rings. The quantitative estimate of drug-likeness (QED) is 0.205. The summed E-state index contributed by atoms with van der Waals surface area (Å²) >= 11 is 1.19. The summed E-state index contributed by atoms with van der Waals surface area (Å²) in [6.45, 7) is 3.53. The third kappa shape index (κ3) is 6.12. The van der Waals surface area contributed by atoms with E-state index in [1.165, 1.54) is 50.5 Å². The zero-order valence-electron chi connectivity index (χ0n) is 17.3. The zero-order valence-corrected chi connectivity index (χ0v) is 18.1. The number of hydrogen-bond donors (Lipinski definition) is 6. The highest BCUT2D eigenvalue weighted by atomic mass is 32.2. The fraction of sp³-hybridized carbons (Fsp3) is 0.409. The van der Waals surface area contributed by atoms with Crippen LogP contribution >= 0.6 is 11.9 Å². The van der Waals surface area contributed by atoms with E-state index in [-0.39, 0.29) is 0 Å². The van der Waals surface area contributed by atoms with Crippen LogP contribution < -0.4 is 15.8 Å². The number of aromatic carboxylic acids is 1. The lowest BCUT2D eigenvalue weighted by Gasteiger charge is -2.24. The second-order valence-electron chi connectivity index (χ2n) is 7.19. The minimum atomic E-state index is -0.916. The van der Waals surface area contributed by atoms with Crippen LogP contribution in [0, 0.1) is 0 Å². The number of nitrogens with two attached hydrogens (primary N) is 1. The van der Waals surface area contributed by atoms with Gasteiger partial charge in [-0.1, -0.05) is 44.6 Å². The summed E-state index contributed by atoms with van der Waals surface area (Å²) in [7, 11) is 0. The molecule has 0 aromatic heterocycles. The van der Waals surface area contributed by atoms with Crippen molar-refractivity contribution in [2.75, 3.05) is 17.2 Å². The largest absolute Gasteiger partial charge is 0.478 e. The highest BCUT2D eigenvalue weighted by Gasteiger charge is 2.19. The van der Waals surface area contributed by atoms with Gasteiger partial charge in [-0.2, -0.15) is 0 Å². The fourth-order valence-corrected chi connectivity index (χ4v) is 4.18. The van der Waals surface area contributed by atoms with Gasteiger partial charge in [0.25, 0.3) is 0 Å². The number of benzene rings is 2. The van der Waals surface area contributed by atoms with Gasteiger partial charge in [-0.25, -0.2) is 4.79 Å². The lowest BCUT2D eigenvalue weighted by atomic mass is 9.92. The van der Waals surface area contributed by atoms with Crippen LogP contribution in [0.25, 0.3) is 11.1 Å². The standard InChI is InChI=1S/C16H17N3O2S.C6H12.H2O2/c1-2-18-14-7-13-12(6-15(14)22-17)11-5-9(16(20)21)3-4-10(11)8-19-13;1-2-4-6-5-3-1;1-2/h3-7,18-19H,2,8,17H2,1H3,(H,20,21);1-6H2;1-2H. The molecule has 0 amide bonds. The third-order valence-electron chi connectivity index (χ3n) is 5.23. The molecule has 0 spiro atoms. The highest BCUT2D eigenvalue weighted by Crippen LogP contribution is 2.41. The molecule has 4 rings (SSSR count). The van der Waals surface area contributed by atoms with Crippen LogP contribution in [0.2, 0.25) is 0 Å². The molecule has 0 bridgehead atoms. The predicted molar refractivity (Wildman–Crippen MR) is 123 cm³/mol. The Balaban J connectivity index is 0.000000340. The van der Waals surface area contributed by atoms with Gasteiger partial charge >= 0.3 is 5.97 Å². The van der Waals surface area contributed by atoms with E-state index in [1.807, 2.05) is 25.1 Å². The molecule has 7 nitrogen and oxygen atoms in total. The van der Waals surface area contributed by atoms with E-state index in [9.17, 15) is 9.90 Å². The average molecular weight is 434 g/mol. The number of rotatable bonds is 4. The average Bonchev–Trinajstić information content (AvgIpc) is 2.81. The molecule has 0 atom stereocenters. The zero-order chi connectivity index (χ0) is 21.9.